The molecule has 0 amide bonds. The number of hydrogen-bond acceptors (Lipinski definition) is 4. The van der Waals surface area contributed by atoms with Crippen LogP contribution in [0, 0.1) is 0 Å². The molecule has 7 aromatic carbocycles. The molecule has 2 aliphatic rings. The molecular formula is C52H33N3O. The van der Waals surface area contributed by atoms with Crippen molar-refractivity contribution in [2.45, 2.75) is 5.41 Å². The van der Waals surface area contributed by atoms with Crippen molar-refractivity contribution in [3.05, 3.63) is 217 Å². The highest BCUT2D eigenvalue weighted by Crippen LogP contribution is 2.62. The van der Waals surface area contributed by atoms with Crippen LogP contribution in [0.15, 0.2) is 194 Å². The monoisotopic (exact) mass is 715 g/mol. The van der Waals surface area contributed by atoms with E-state index >= 15 is 0 Å². The van der Waals surface area contributed by atoms with Crippen LogP contribution in [-0.2, 0) is 5.41 Å². The van der Waals surface area contributed by atoms with Crippen LogP contribution in [0.5, 0.6) is 0 Å². The first-order valence-corrected chi connectivity index (χ1v) is 18.8. The molecule has 262 valence electrons. The van der Waals surface area contributed by atoms with Gasteiger partial charge in [0.15, 0.2) is 17.5 Å². The van der Waals surface area contributed by atoms with Crippen LogP contribution in [0.1, 0.15) is 28.1 Å². The third kappa shape index (κ3) is 4.50. The maximum atomic E-state index is 6.22. The second-order valence-electron chi connectivity index (χ2n) is 14.4. The number of benzene rings is 7. The average Bonchev–Trinajstić information content (AvgIpc) is 3.89. The number of rotatable bonds is 6. The summed E-state index contributed by atoms with van der Waals surface area (Å²) >= 11 is 0. The van der Waals surface area contributed by atoms with Crippen molar-refractivity contribution >= 4 is 27.5 Å². The summed E-state index contributed by atoms with van der Waals surface area (Å²) in [4.78, 5) is 15.0. The van der Waals surface area contributed by atoms with E-state index < -0.39 is 0 Å². The summed E-state index contributed by atoms with van der Waals surface area (Å²) in [6.45, 7) is 7.95. The van der Waals surface area contributed by atoms with Gasteiger partial charge < -0.3 is 4.42 Å². The van der Waals surface area contributed by atoms with E-state index in [2.05, 4.69) is 134 Å². The highest BCUT2D eigenvalue weighted by Gasteiger charge is 2.51. The predicted molar refractivity (Wildman–Crippen MR) is 228 cm³/mol. The third-order valence-corrected chi connectivity index (χ3v) is 11.5. The van der Waals surface area contributed by atoms with Gasteiger partial charge in [0.1, 0.15) is 11.2 Å². The Morgan fingerprint density at radius 2 is 1.04 bits per heavy atom. The average molecular weight is 716 g/mol. The lowest BCUT2D eigenvalue weighted by Crippen LogP contribution is -2.25. The number of hydrogen-bond donors (Lipinski definition) is 0. The number of nitrogens with zero attached hydrogens (tertiary/aromatic N) is 3. The van der Waals surface area contributed by atoms with Crippen LogP contribution in [-0.4, -0.2) is 15.0 Å². The number of para-hydroxylation sites is 1. The molecular weight excluding hydrogens is 683 g/mol. The van der Waals surface area contributed by atoms with E-state index in [0.29, 0.717) is 17.5 Å². The van der Waals surface area contributed by atoms with Crippen LogP contribution in [0.3, 0.4) is 0 Å². The Balaban J connectivity index is 1.03. The van der Waals surface area contributed by atoms with Crippen LogP contribution >= 0.6 is 0 Å². The molecule has 0 aliphatic heterocycles. The molecule has 0 saturated heterocycles. The molecule has 2 heterocycles. The minimum atomic E-state index is -0.354. The van der Waals surface area contributed by atoms with Gasteiger partial charge in [0, 0.05) is 27.5 Å². The summed E-state index contributed by atoms with van der Waals surface area (Å²) in [5.41, 5.74) is 16.6. The minimum absolute atomic E-state index is 0.354. The Kier molecular flexibility index (Phi) is 7.04. The first kappa shape index (κ1) is 32.0. The summed E-state index contributed by atoms with van der Waals surface area (Å²) < 4.78 is 6.22. The third-order valence-electron chi connectivity index (χ3n) is 11.5. The van der Waals surface area contributed by atoms with Gasteiger partial charge >= 0.3 is 0 Å². The largest absolute Gasteiger partial charge is 0.456 e. The molecule has 1 spiro atoms. The Hall–Kier alpha value is -7.43. The molecule has 2 aliphatic carbocycles. The number of furan rings is 1. The topological polar surface area (TPSA) is 51.8 Å². The quantitative estimate of drug-likeness (QED) is 0.161. The van der Waals surface area contributed by atoms with E-state index in [9.17, 15) is 0 Å². The highest BCUT2D eigenvalue weighted by molar-refractivity contribution is 6.11. The van der Waals surface area contributed by atoms with Gasteiger partial charge in [0.05, 0.1) is 5.41 Å². The summed E-state index contributed by atoms with van der Waals surface area (Å²) in [5.74, 6) is 1.65. The van der Waals surface area contributed by atoms with Crippen molar-refractivity contribution in [2.75, 3.05) is 0 Å². The Morgan fingerprint density at radius 1 is 0.482 bits per heavy atom. The molecule has 0 fully saturated rings. The maximum Gasteiger partial charge on any atom is 0.164 e. The molecule has 4 nitrogen and oxygen atoms in total. The van der Waals surface area contributed by atoms with Gasteiger partial charge in [-0.25, -0.2) is 15.0 Å². The molecule has 0 radical (unpaired) electrons. The standard InChI is InChI=1S/C52H33N3O/c1-3-14-32(4-2)49-53-50(55-51(54-49)40-19-13-24-47-48(40)39-18-8-12-23-46(39)56-47)34-27-25-33(26-28-34)35-29-30-45-41(31-35)38-17-7-11-22-44(38)52(45)42-20-9-5-15-36(42)37-16-6-10-21-43(37)52/h3-31H,1-2H2/b32-14+. The second kappa shape index (κ2) is 12.3. The Morgan fingerprint density at radius 3 is 1.73 bits per heavy atom. The lowest BCUT2D eigenvalue weighted by atomic mass is 9.70. The fourth-order valence-corrected chi connectivity index (χ4v) is 9.17. The number of aromatic nitrogens is 3. The van der Waals surface area contributed by atoms with Gasteiger partial charge in [-0.3, -0.25) is 0 Å². The Labute approximate surface area is 324 Å². The van der Waals surface area contributed by atoms with Gasteiger partial charge in [0.25, 0.3) is 0 Å². The summed E-state index contributed by atoms with van der Waals surface area (Å²) in [5, 5.41) is 1.99. The van der Waals surface area contributed by atoms with Crippen LogP contribution < -0.4 is 0 Å². The van der Waals surface area contributed by atoms with Crippen LogP contribution in [0.2, 0.25) is 0 Å². The van der Waals surface area contributed by atoms with E-state index in [-0.39, 0.29) is 5.41 Å². The lowest BCUT2D eigenvalue weighted by molar-refractivity contribution is 0.669. The fraction of sp³-hybridized carbons (Fsp3) is 0.0192. The normalized spacial score (nSPS) is 13.4. The predicted octanol–water partition coefficient (Wildman–Crippen LogP) is 12.9. The van der Waals surface area contributed by atoms with Crippen molar-refractivity contribution in [3.8, 4) is 56.2 Å². The molecule has 56 heavy (non-hydrogen) atoms. The Bertz CT molecular complexity index is 3080. The zero-order valence-corrected chi connectivity index (χ0v) is 30.4. The SMILES string of the molecule is C=C/C=C(\C=C)c1nc(-c2ccc(-c3ccc4c(c3)-c3ccccc3C43c4ccccc4-c4ccccc43)cc2)nc(-c2cccc3oc4ccccc4c23)n1. The molecule has 0 unspecified atom stereocenters. The van der Waals surface area contributed by atoms with Gasteiger partial charge in [-0.1, -0.05) is 171 Å². The lowest BCUT2D eigenvalue weighted by Gasteiger charge is -2.30. The van der Waals surface area contributed by atoms with E-state index in [0.717, 1.165) is 49.8 Å². The molecule has 0 N–H and O–H groups in total. The van der Waals surface area contributed by atoms with E-state index in [1.165, 1.54) is 44.5 Å². The van der Waals surface area contributed by atoms with Crippen molar-refractivity contribution in [2.24, 2.45) is 0 Å². The molecule has 0 bridgehead atoms. The van der Waals surface area contributed by atoms with Crippen molar-refractivity contribution < 1.29 is 4.42 Å². The van der Waals surface area contributed by atoms with E-state index in [1.807, 2.05) is 42.5 Å². The smallest absolute Gasteiger partial charge is 0.164 e. The van der Waals surface area contributed by atoms with Crippen molar-refractivity contribution in [1.82, 2.24) is 15.0 Å². The fourth-order valence-electron chi connectivity index (χ4n) is 9.17. The second-order valence-corrected chi connectivity index (χ2v) is 14.4. The molecule has 9 aromatic rings. The van der Waals surface area contributed by atoms with E-state index in [1.54, 1.807) is 12.2 Å². The van der Waals surface area contributed by atoms with E-state index in [4.69, 9.17) is 19.4 Å². The molecule has 11 rings (SSSR count). The summed E-state index contributed by atoms with van der Waals surface area (Å²) in [6.07, 6.45) is 5.34. The summed E-state index contributed by atoms with van der Waals surface area (Å²) in [6, 6.07) is 56.3. The van der Waals surface area contributed by atoms with Gasteiger partial charge in [-0.2, -0.15) is 0 Å². The molecule has 4 heteroatoms. The number of fused-ring (bicyclic) bond motifs is 13. The van der Waals surface area contributed by atoms with Gasteiger partial charge in [-0.05, 0) is 73.8 Å². The highest BCUT2D eigenvalue weighted by atomic mass is 16.3. The zero-order chi connectivity index (χ0) is 37.4. The van der Waals surface area contributed by atoms with Crippen LogP contribution in [0.25, 0.3) is 83.7 Å². The molecule has 0 saturated carbocycles. The van der Waals surface area contributed by atoms with Crippen LogP contribution in [0.4, 0.5) is 0 Å². The zero-order valence-electron chi connectivity index (χ0n) is 30.4. The first-order valence-electron chi connectivity index (χ1n) is 18.8. The van der Waals surface area contributed by atoms with Gasteiger partial charge in [-0.15, -0.1) is 0 Å². The van der Waals surface area contributed by atoms with Gasteiger partial charge in [0.2, 0.25) is 0 Å². The van der Waals surface area contributed by atoms with Crippen molar-refractivity contribution in [3.63, 3.8) is 0 Å². The maximum absolute atomic E-state index is 6.22. The first-order chi connectivity index (χ1) is 27.7. The minimum Gasteiger partial charge on any atom is -0.456 e. The number of allylic oxidation sites excluding steroid dienone is 4. The molecule has 0 atom stereocenters. The molecule has 2 aromatic heterocycles. The van der Waals surface area contributed by atoms with Crippen molar-refractivity contribution in [1.29, 1.82) is 0 Å². The summed E-state index contributed by atoms with van der Waals surface area (Å²) in [7, 11) is 0.